The molecule has 0 amide bonds. The predicted octanol–water partition coefficient (Wildman–Crippen LogP) is 1.97. The van der Waals surface area contributed by atoms with Crippen molar-refractivity contribution in [2.45, 2.75) is 19.4 Å². The Kier molecular flexibility index (Phi) is 3.86. The fraction of sp³-hybridized carbons (Fsp3) is 0.357. The second kappa shape index (κ2) is 5.78. The number of nitrogens with one attached hydrogen (secondary N) is 1. The first-order valence-corrected chi connectivity index (χ1v) is 7.41. The van der Waals surface area contributed by atoms with Gasteiger partial charge in [-0.2, -0.15) is 0 Å². The van der Waals surface area contributed by atoms with E-state index in [-0.39, 0.29) is 6.04 Å². The van der Waals surface area contributed by atoms with E-state index in [1.165, 1.54) is 0 Å². The molecule has 20 heavy (non-hydrogen) atoms. The van der Waals surface area contributed by atoms with Crippen LogP contribution in [0.4, 0.5) is 0 Å². The number of hydrogen-bond acceptors (Lipinski definition) is 6. The van der Waals surface area contributed by atoms with Crippen LogP contribution in [-0.4, -0.2) is 18.2 Å². The highest BCUT2D eigenvalue weighted by Gasteiger charge is 2.22. The topological polar surface area (TPSA) is 69.4 Å². The number of fused-ring (bicyclic) bond motifs is 1. The standard InChI is InChI=1S/C14H17N3O2S/c1-9-16-10(8-20-9)7-12(17-15)11-3-2-4-13-14(11)19-6-5-18-13/h2-4,8,12,17H,5-7,15H2,1H3. The first-order chi connectivity index (χ1) is 9.78. The van der Waals surface area contributed by atoms with Crippen molar-refractivity contribution in [3.8, 4) is 11.5 Å². The lowest BCUT2D eigenvalue weighted by Gasteiger charge is -2.24. The van der Waals surface area contributed by atoms with Gasteiger partial charge in [-0.1, -0.05) is 12.1 Å². The summed E-state index contributed by atoms with van der Waals surface area (Å²) in [6.07, 6.45) is 0.723. The second-order valence-electron chi connectivity index (χ2n) is 4.65. The van der Waals surface area contributed by atoms with Gasteiger partial charge < -0.3 is 9.47 Å². The molecule has 0 saturated heterocycles. The average molecular weight is 291 g/mol. The minimum atomic E-state index is -0.0480. The van der Waals surface area contributed by atoms with Gasteiger partial charge in [-0.25, -0.2) is 4.98 Å². The lowest BCUT2D eigenvalue weighted by atomic mass is 10.0. The van der Waals surface area contributed by atoms with Gasteiger partial charge in [-0.3, -0.25) is 11.3 Å². The van der Waals surface area contributed by atoms with Crippen molar-refractivity contribution in [2.75, 3.05) is 13.2 Å². The van der Waals surface area contributed by atoms with Crippen molar-refractivity contribution in [3.05, 3.63) is 39.8 Å². The summed E-state index contributed by atoms with van der Waals surface area (Å²) in [7, 11) is 0. The van der Waals surface area contributed by atoms with E-state index >= 15 is 0 Å². The molecule has 0 saturated carbocycles. The first-order valence-electron chi connectivity index (χ1n) is 6.53. The van der Waals surface area contributed by atoms with E-state index in [2.05, 4.69) is 15.8 Å². The summed E-state index contributed by atoms with van der Waals surface area (Å²) in [5.41, 5.74) is 4.90. The van der Waals surface area contributed by atoms with Crippen LogP contribution in [-0.2, 0) is 6.42 Å². The van der Waals surface area contributed by atoms with E-state index in [0.29, 0.717) is 13.2 Å². The molecule has 1 aromatic carbocycles. The summed E-state index contributed by atoms with van der Waals surface area (Å²) in [6.45, 7) is 3.15. The summed E-state index contributed by atoms with van der Waals surface area (Å²) >= 11 is 1.65. The van der Waals surface area contributed by atoms with Gasteiger partial charge in [0.25, 0.3) is 0 Å². The lowest BCUT2D eigenvalue weighted by molar-refractivity contribution is 0.168. The highest BCUT2D eigenvalue weighted by molar-refractivity contribution is 7.09. The summed E-state index contributed by atoms with van der Waals surface area (Å²) in [4.78, 5) is 4.49. The summed E-state index contributed by atoms with van der Waals surface area (Å²) in [6, 6.07) is 5.84. The zero-order valence-electron chi connectivity index (χ0n) is 11.3. The zero-order valence-corrected chi connectivity index (χ0v) is 12.1. The molecule has 1 aliphatic rings. The van der Waals surface area contributed by atoms with E-state index < -0.39 is 0 Å². The molecule has 3 rings (SSSR count). The number of hydrogen-bond donors (Lipinski definition) is 2. The molecule has 0 aliphatic carbocycles. The normalized spacial score (nSPS) is 15.1. The highest BCUT2D eigenvalue weighted by atomic mass is 32.1. The Morgan fingerprint density at radius 1 is 1.40 bits per heavy atom. The van der Waals surface area contributed by atoms with Crippen molar-refractivity contribution < 1.29 is 9.47 Å². The third-order valence-corrected chi connectivity index (χ3v) is 4.08. The number of thiazole rings is 1. The monoisotopic (exact) mass is 291 g/mol. The predicted molar refractivity (Wildman–Crippen MR) is 78.1 cm³/mol. The van der Waals surface area contributed by atoms with Gasteiger partial charge in [-0.15, -0.1) is 11.3 Å². The maximum Gasteiger partial charge on any atom is 0.166 e. The van der Waals surface area contributed by atoms with E-state index in [1.807, 2.05) is 25.1 Å². The number of hydrazine groups is 1. The van der Waals surface area contributed by atoms with Gasteiger partial charge in [0.15, 0.2) is 11.5 Å². The number of rotatable bonds is 4. The number of aromatic nitrogens is 1. The van der Waals surface area contributed by atoms with Crippen LogP contribution in [0.15, 0.2) is 23.6 Å². The SMILES string of the molecule is Cc1nc(CC(NN)c2cccc3c2OCCO3)cs1. The van der Waals surface area contributed by atoms with Gasteiger partial charge in [0, 0.05) is 17.4 Å². The fourth-order valence-corrected chi connectivity index (χ4v) is 2.97. The summed E-state index contributed by atoms with van der Waals surface area (Å²) < 4.78 is 11.3. The van der Waals surface area contributed by atoms with Crippen molar-refractivity contribution in [2.24, 2.45) is 5.84 Å². The molecular weight excluding hydrogens is 274 g/mol. The van der Waals surface area contributed by atoms with Gasteiger partial charge in [0.05, 0.1) is 16.7 Å². The zero-order chi connectivity index (χ0) is 13.9. The van der Waals surface area contributed by atoms with E-state index in [1.54, 1.807) is 11.3 Å². The van der Waals surface area contributed by atoms with Crippen molar-refractivity contribution >= 4 is 11.3 Å². The molecule has 2 heterocycles. The third kappa shape index (κ3) is 2.63. The van der Waals surface area contributed by atoms with Crippen LogP contribution >= 0.6 is 11.3 Å². The third-order valence-electron chi connectivity index (χ3n) is 3.25. The molecule has 5 nitrogen and oxygen atoms in total. The molecule has 106 valence electrons. The molecule has 0 radical (unpaired) electrons. The van der Waals surface area contributed by atoms with E-state index in [0.717, 1.165) is 34.2 Å². The molecule has 3 N–H and O–H groups in total. The Morgan fingerprint density at radius 2 is 2.25 bits per heavy atom. The molecule has 1 unspecified atom stereocenters. The summed E-state index contributed by atoms with van der Waals surface area (Å²) in [5, 5.41) is 3.12. The number of para-hydroxylation sites is 1. The van der Waals surface area contributed by atoms with Crippen LogP contribution in [0.3, 0.4) is 0 Å². The largest absolute Gasteiger partial charge is 0.486 e. The van der Waals surface area contributed by atoms with Gasteiger partial charge in [0.2, 0.25) is 0 Å². The van der Waals surface area contributed by atoms with E-state index in [4.69, 9.17) is 15.3 Å². The average Bonchev–Trinajstić information content (AvgIpc) is 2.89. The molecule has 0 fully saturated rings. The van der Waals surface area contributed by atoms with Crippen LogP contribution in [0, 0.1) is 6.92 Å². The number of nitrogens with two attached hydrogens (primary N) is 1. The Bertz CT molecular complexity index is 600. The molecule has 1 atom stereocenters. The van der Waals surface area contributed by atoms with Crippen LogP contribution in [0.25, 0.3) is 0 Å². The minimum Gasteiger partial charge on any atom is -0.486 e. The number of ether oxygens (including phenoxy) is 2. The van der Waals surface area contributed by atoms with Crippen LogP contribution in [0.2, 0.25) is 0 Å². The lowest BCUT2D eigenvalue weighted by Crippen LogP contribution is -2.30. The first kappa shape index (κ1) is 13.4. The van der Waals surface area contributed by atoms with Crippen LogP contribution in [0.5, 0.6) is 11.5 Å². The molecule has 1 aromatic heterocycles. The maximum atomic E-state index is 5.74. The quantitative estimate of drug-likeness (QED) is 0.666. The maximum absolute atomic E-state index is 5.74. The molecular formula is C14H17N3O2S. The minimum absolute atomic E-state index is 0.0480. The Balaban J connectivity index is 1.89. The van der Waals surface area contributed by atoms with Gasteiger partial charge >= 0.3 is 0 Å². The smallest absolute Gasteiger partial charge is 0.166 e. The Morgan fingerprint density at radius 3 is 3.00 bits per heavy atom. The van der Waals surface area contributed by atoms with Gasteiger partial charge in [-0.05, 0) is 13.0 Å². The second-order valence-corrected chi connectivity index (χ2v) is 5.71. The number of nitrogens with zero attached hydrogens (tertiary/aromatic N) is 1. The van der Waals surface area contributed by atoms with Crippen molar-refractivity contribution in [3.63, 3.8) is 0 Å². The molecule has 0 spiro atoms. The molecule has 0 bridgehead atoms. The summed E-state index contributed by atoms with van der Waals surface area (Å²) in [5.74, 6) is 7.29. The molecule has 1 aliphatic heterocycles. The molecule has 2 aromatic rings. The van der Waals surface area contributed by atoms with Gasteiger partial charge in [0.1, 0.15) is 13.2 Å². The number of benzene rings is 1. The fourth-order valence-electron chi connectivity index (χ4n) is 2.34. The Labute approximate surface area is 121 Å². The number of aryl methyl sites for hydroxylation is 1. The highest BCUT2D eigenvalue weighted by Crippen LogP contribution is 2.37. The Hall–Kier alpha value is -1.63. The van der Waals surface area contributed by atoms with Crippen LogP contribution < -0.4 is 20.7 Å². The van der Waals surface area contributed by atoms with Crippen molar-refractivity contribution in [1.29, 1.82) is 0 Å². The van der Waals surface area contributed by atoms with Crippen LogP contribution in [0.1, 0.15) is 22.3 Å². The van der Waals surface area contributed by atoms with Crippen molar-refractivity contribution in [1.82, 2.24) is 10.4 Å². The van der Waals surface area contributed by atoms with E-state index in [9.17, 15) is 0 Å². The molecule has 6 heteroatoms.